The van der Waals surface area contributed by atoms with Crippen LogP contribution >= 0.6 is 0 Å². The van der Waals surface area contributed by atoms with Crippen LogP contribution in [0.15, 0.2) is 35.1 Å². The highest BCUT2D eigenvalue weighted by molar-refractivity contribution is 5.91. The number of hydrogen-bond donors (Lipinski definition) is 2. The van der Waals surface area contributed by atoms with Crippen molar-refractivity contribution in [3.05, 3.63) is 57.5 Å². The third-order valence-electron chi connectivity index (χ3n) is 6.00. The Morgan fingerprint density at radius 2 is 1.85 bits per heavy atom. The van der Waals surface area contributed by atoms with E-state index in [1.807, 2.05) is 30.0 Å². The summed E-state index contributed by atoms with van der Waals surface area (Å²) in [6.45, 7) is 5.09. The average molecular weight is 366 g/mol. The molecule has 4 rings (SSSR count). The normalized spacial score (nSPS) is 19.0. The highest BCUT2D eigenvalue weighted by atomic mass is 16.2. The summed E-state index contributed by atoms with van der Waals surface area (Å²) in [7, 11) is 0. The first kappa shape index (κ1) is 17.8. The fraction of sp³-hybridized carbons (Fsp3) is 0.476. The number of carbonyl (C=O) groups is 1. The van der Waals surface area contributed by atoms with Crippen LogP contribution < -0.4 is 10.9 Å². The zero-order chi connectivity index (χ0) is 19.0. The molecule has 1 saturated heterocycles. The van der Waals surface area contributed by atoms with Crippen LogP contribution in [0, 0.1) is 13.8 Å². The summed E-state index contributed by atoms with van der Waals surface area (Å²) in [4.78, 5) is 34.3. The molecule has 0 unspecified atom stereocenters. The van der Waals surface area contributed by atoms with Crippen LogP contribution in [0.4, 0.5) is 5.95 Å². The summed E-state index contributed by atoms with van der Waals surface area (Å²) in [5.74, 6) is 0.792. The molecule has 1 amide bonds. The number of likely N-dealkylation sites (tertiary alicyclic amines) is 1. The number of aryl methyl sites for hydroxylation is 1. The number of aromatic nitrogens is 2. The van der Waals surface area contributed by atoms with Crippen LogP contribution in [-0.4, -0.2) is 39.9 Å². The van der Waals surface area contributed by atoms with Crippen LogP contribution in [0.3, 0.4) is 0 Å². The van der Waals surface area contributed by atoms with E-state index in [4.69, 9.17) is 0 Å². The van der Waals surface area contributed by atoms with Crippen molar-refractivity contribution in [1.82, 2.24) is 14.9 Å². The predicted octanol–water partition coefficient (Wildman–Crippen LogP) is 2.52. The SMILES string of the molecule is Cc1nc(NC2CCN(C(=O)C3(c4ccccc4)CC3)CC2)[nH]c(=O)c1C. The molecule has 2 aliphatic rings. The van der Waals surface area contributed by atoms with E-state index in [1.165, 1.54) is 0 Å². The molecule has 2 heterocycles. The van der Waals surface area contributed by atoms with Crippen LogP contribution in [0.1, 0.15) is 42.5 Å². The minimum Gasteiger partial charge on any atom is -0.353 e. The molecule has 2 N–H and O–H groups in total. The lowest BCUT2D eigenvalue weighted by Crippen LogP contribution is -2.46. The predicted molar refractivity (Wildman–Crippen MR) is 105 cm³/mol. The molecular weight excluding hydrogens is 340 g/mol. The van der Waals surface area contributed by atoms with Crippen molar-refractivity contribution in [3.63, 3.8) is 0 Å². The van der Waals surface area contributed by atoms with Crippen LogP contribution in [0.5, 0.6) is 0 Å². The number of piperidine rings is 1. The molecule has 6 nitrogen and oxygen atoms in total. The summed E-state index contributed by atoms with van der Waals surface area (Å²) in [5.41, 5.74) is 2.15. The summed E-state index contributed by atoms with van der Waals surface area (Å²) >= 11 is 0. The molecule has 0 atom stereocenters. The molecule has 0 bridgehead atoms. The van der Waals surface area contributed by atoms with Gasteiger partial charge in [-0.25, -0.2) is 4.98 Å². The maximum absolute atomic E-state index is 13.1. The van der Waals surface area contributed by atoms with Crippen LogP contribution in [0.2, 0.25) is 0 Å². The Bertz CT molecular complexity index is 894. The maximum Gasteiger partial charge on any atom is 0.255 e. The number of anilines is 1. The maximum atomic E-state index is 13.1. The van der Waals surface area contributed by atoms with E-state index < -0.39 is 0 Å². The quantitative estimate of drug-likeness (QED) is 0.872. The first-order valence-corrected chi connectivity index (χ1v) is 9.68. The molecule has 6 heteroatoms. The lowest BCUT2D eigenvalue weighted by molar-refractivity contribution is -0.134. The number of nitrogens with one attached hydrogen (secondary N) is 2. The molecule has 27 heavy (non-hydrogen) atoms. The average Bonchev–Trinajstić information content (AvgIpc) is 3.49. The van der Waals surface area contributed by atoms with Gasteiger partial charge < -0.3 is 10.2 Å². The molecule has 2 fully saturated rings. The van der Waals surface area contributed by atoms with Crippen molar-refractivity contribution in [2.75, 3.05) is 18.4 Å². The summed E-state index contributed by atoms with van der Waals surface area (Å²) in [6, 6.07) is 10.4. The third-order valence-corrected chi connectivity index (χ3v) is 6.00. The number of hydrogen-bond acceptors (Lipinski definition) is 4. The van der Waals surface area contributed by atoms with Crippen LogP contribution in [-0.2, 0) is 10.2 Å². The molecule has 0 radical (unpaired) electrons. The van der Waals surface area contributed by atoms with Gasteiger partial charge in [0, 0.05) is 30.4 Å². The Kier molecular flexibility index (Phi) is 4.50. The Balaban J connectivity index is 1.38. The molecule has 0 spiro atoms. The van der Waals surface area contributed by atoms with Gasteiger partial charge in [0.25, 0.3) is 5.56 Å². The number of aromatic amines is 1. The molecule has 1 aliphatic carbocycles. The largest absolute Gasteiger partial charge is 0.353 e. The first-order chi connectivity index (χ1) is 13.0. The van der Waals surface area contributed by atoms with Gasteiger partial charge in [0.05, 0.1) is 5.41 Å². The lowest BCUT2D eigenvalue weighted by Gasteiger charge is -2.35. The van der Waals surface area contributed by atoms with Gasteiger partial charge in [-0.1, -0.05) is 30.3 Å². The minimum absolute atomic E-state index is 0.101. The highest BCUT2D eigenvalue weighted by Crippen LogP contribution is 2.49. The standard InChI is InChI=1S/C21H26N4O2/c1-14-15(2)22-20(24-18(14)26)23-17-8-12-25(13-9-17)19(27)21(10-11-21)16-6-4-3-5-7-16/h3-7,17H,8-13H2,1-2H3,(H2,22,23,24,26). The van der Waals surface area contributed by atoms with E-state index in [1.54, 1.807) is 6.92 Å². The Hall–Kier alpha value is -2.63. The Labute approximate surface area is 159 Å². The van der Waals surface area contributed by atoms with E-state index in [0.717, 1.165) is 50.0 Å². The number of amides is 1. The molecular formula is C21H26N4O2. The second-order valence-corrected chi connectivity index (χ2v) is 7.78. The fourth-order valence-corrected chi connectivity index (χ4v) is 3.94. The summed E-state index contributed by atoms with van der Waals surface area (Å²) in [5, 5.41) is 3.33. The summed E-state index contributed by atoms with van der Waals surface area (Å²) < 4.78 is 0. The Morgan fingerprint density at radius 1 is 1.19 bits per heavy atom. The number of H-pyrrole nitrogens is 1. The van der Waals surface area contributed by atoms with E-state index in [2.05, 4.69) is 27.4 Å². The van der Waals surface area contributed by atoms with Crippen molar-refractivity contribution < 1.29 is 4.79 Å². The zero-order valence-corrected chi connectivity index (χ0v) is 15.9. The van der Waals surface area contributed by atoms with Crippen molar-refractivity contribution in [2.24, 2.45) is 0 Å². The monoisotopic (exact) mass is 366 g/mol. The van der Waals surface area contributed by atoms with Gasteiger partial charge in [-0.3, -0.25) is 14.6 Å². The molecule has 1 aromatic carbocycles. The molecule has 1 aromatic heterocycles. The zero-order valence-electron chi connectivity index (χ0n) is 15.9. The van der Waals surface area contributed by atoms with Gasteiger partial charge in [-0.2, -0.15) is 0 Å². The van der Waals surface area contributed by atoms with E-state index in [0.29, 0.717) is 11.5 Å². The Morgan fingerprint density at radius 3 is 2.44 bits per heavy atom. The molecule has 142 valence electrons. The topological polar surface area (TPSA) is 78.1 Å². The number of nitrogens with zero attached hydrogens (tertiary/aromatic N) is 2. The number of carbonyl (C=O) groups excluding carboxylic acids is 1. The highest BCUT2D eigenvalue weighted by Gasteiger charge is 2.53. The van der Waals surface area contributed by atoms with Crippen molar-refractivity contribution in [2.45, 2.75) is 51.0 Å². The van der Waals surface area contributed by atoms with Gasteiger partial charge in [-0.05, 0) is 45.1 Å². The van der Waals surface area contributed by atoms with E-state index in [-0.39, 0.29) is 22.9 Å². The van der Waals surface area contributed by atoms with Crippen LogP contribution in [0.25, 0.3) is 0 Å². The van der Waals surface area contributed by atoms with Crippen molar-refractivity contribution in [3.8, 4) is 0 Å². The second kappa shape index (κ2) is 6.83. The minimum atomic E-state index is -0.289. The van der Waals surface area contributed by atoms with Gasteiger partial charge in [-0.15, -0.1) is 0 Å². The molecule has 1 saturated carbocycles. The van der Waals surface area contributed by atoms with Crippen molar-refractivity contribution in [1.29, 1.82) is 0 Å². The smallest absolute Gasteiger partial charge is 0.255 e. The number of benzene rings is 1. The summed E-state index contributed by atoms with van der Waals surface area (Å²) in [6.07, 6.45) is 3.60. The van der Waals surface area contributed by atoms with E-state index >= 15 is 0 Å². The first-order valence-electron chi connectivity index (χ1n) is 9.68. The van der Waals surface area contributed by atoms with Gasteiger partial charge >= 0.3 is 0 Å². The molecule has 2 aromatic rings. The fourth-order valence-electron chi connectivity index (χ4n) is 3.94. The van der Waals surface area contributed by atoms with Gasteiger partial charge in [0.15, 0.2) is 0 Å². The van der Waals surface area contributed by atoms with E-state index in [9.17, 15) is 9.59 Å². The third kappa shape index (κ3) is 3.36. The second-order valence-electron chi connectivity index (χ2n) is 7.78. The van der Waals surface area contributed by atoms with Crippen molar-refractivity contribution >= 4 is 11.9 Å². The molecule has 1 aliphatic heterocycles. The van der Waals surface area contributed by atoms with Gasteiger partial charge in [0.1, 0.15) is 0 Å². The number of rotatable bonds is 4. The lowest BCUT2D eigenvalue weighted by atomic mass is 9.93. The van der Waals surface area contributed by atoms with Gasteiger partial charge in [0.2, 0.25) is 11.9 Å².